The topological polar surface area (TPSA) is 24.5 Å². The van der Waals surface area contributed by atoms with Crippen LogP contribution in [-0.4, -0.2) is 38.7 Å². The summed E-state index contributed by atoms with van der Waals surface area (Å²) in [6.07, 6.45) is 1.17. The maximum atomic E-state index is 5.90. The summed E-state index contributed by atoms with van der Waals surface area (Å²) in [6, 6.07) is 4.45. The van der Waals surface area contributed by atoms with Crippen molar-refractivity contribution in [3.8, 4) is 5.75 Å². The molecule has 1 rings (SSSR count). The van der Waals surface area contributed by atoms with Gasteiger partial charge in [-0.2, -0.15) is 0 Å². The number of ether oxygens (including phenoxy) is 1. The van der Waals surface area contributed by atoms with Gasteiger partial charge in [-0.15, -0.1) is 0 Å². The van der Waals surface area contributed by atoms with Gasteiger partial charge in [0.05, 0.1) is 0 Å². The Morgan fingerprint density at radius 1 is 1.16 bits per heavy atom. The Balaban J connectivity index is 2.63. The zero-order chi connectivity index (χ0) is 14.3. The van der Waals surface area contributed by atoms with Crippen LogP contribution in [0.15, 0.2) is 12.1 Å². The zero-order valence-corrected chi connectivity index (χ0v) is 13.0. The van der Waals surface area contributed by atoms with Crippen LogP contribution in [0.25, 0.3) is 0 Å². The van der Waals surface area contributed by atoms with Crippen molar-refractivity contribution >= 4 is 0 Å². The first-order chi connectivity index (χ1) is 9.04. The third-order valence-corrected chi connectivity index (χ3v) is 3.06. The summed E-state index contributed by atoms with van der Waals surface area (Å²) >= 11 is 0. The van der Waals surface area contributed by atoms with Crippen LogP contribution in [0.5, 0.6) is 5.75 Å². The Hall–Kier alpha value is -1.06. The van der Waals surface area contributed by atoms with E-state index in [2.05, 4.69) is 57.2 Å². The highest BCUT2D eigenvalue weighted by Crippen LogP contribution is 2.24. The van der Waals surface area contributed by atoms with Crippen LogP contribution >= 0.6 is 0 Å². The molecule has 19 heavy (non-hydrogen) atoms. The van der Waals surface area contributed by atoms with Gasteiger partial charge in [-0.1, -0.05) is 19.1 Å². The third kappa shape index (κ3) is 5.62. The maximum Gasteiger partial charge on any atom is 0.125 e. The number of nitrogens with one attached hydrogen (secondary N) is 1. The second-order valence-electron chi connectivity index (χ2n) is 5.39. The molecule has 0 heterocycles. The highest BCUT2D eigenvalue weighted by molar-refractivity contribution is 5.43. The van der Waals surface area contributed by atoms with Crippen LogP contribution in [0.3, 0.4) is 0 Å². The third-order valence-electron chi connectivity index (χ3n) is 3.06. The maximum absolute atomic E-state index is 5.90. The molecule has 0 bridgehead atoms. The highest BCUT2D eigenvalue weighted by atomic mass is 16.5. The van der Waals surface area contributed by atoms with E-state index in [0.717, 1.165) is 32.0 Å². The summed E-state index contributed by atoms with van der Waals surface area (Å²) in [5.74, 6) is 1.04. The lowest BCUT2D eigenvalue weighted by atomic mass is 10.1. The first-order valence-electron chi connectivity index (χ1n) is 7.13. The summed E-state index contributed by atoms with van der Waals surface area (Å²) in [4.78, 5) is 2.13. The van der Waals surface area contributed by atoms with Crippen molar-refractivity contribution in [2.24, 2.45) is 0 Å². The highest BCUT2D eigenvalue weighted by Gasteiger charge is 2.06. The Kier molecular flexibility index (Phi) is 6.89. The second kappa shape index (κ2) is 8.18. The molecular weight excluding hydrogens is 236 g/mol. The summed E-state index contributed by atoms with van der Waals surface area (Å²) in [5, 5.41) is 3.44. The van der Waals surface area contributed by atoms with Gasteiger partial charge >= 0.3 is 0 Å². The van der Waals surface area contributed by atoms with Gasteiger partial charge in [0, 0.05) is 13.1 Å². The van der Waals surface area contributed by atoms with Crippen molar-refractivity contribution in [1.29, 1.82) is 0 Å². The van der Waals surface area contributed by atoms with Gasteiger partial charge in [0.15, 0.2) is 0 Å². The van der Waals surface area contributed by atoms with E-state index in [1.165, 1.54) is 23.1 Å². The van der Waals surface area contributed by atoms with Crippen LogP contribution in [-0.2, 0) is 6.54 Å². The van der Waals surface area contributed by atoms with Crippen molar-refractivity contribution in [3.63, 3.8) is 0 Å². The summed E-state index contributed by atoms with van der Waals surface area (Å²) in [5.41, 5.74) is 3.79. The molecule has 0 aliphatic carbocycles. The van der Waals surface area contributed by atoms with Gasteiger partial charge in [0.2, 0.25) is 0 Å². The van der Waals surface area contributed by atoms with Crippen molar-refractivity contribution in [1.82, 2.24) is 10.2 Å². The fraction of sp³-hybridized carbons (Fsp3) is 0.625. The van der Waals surface area contributed by atoms with Crippen molar-refractivity contribution in [2.45, 2.75) is 33.7 Å². The molecule has 0 fully saturated rings. The molecule has 3 nitrogen and oxygen atoms in total. The Bertz CT molecular complexity index is 365. The van der Waals surface area contributed by atoms with E-state index in [9.17, 15) is 0 Å². The Morgan fingerprint density at radius 3 is 2.32 bits per heavy atom. The molecule has 1 aromatic carbocycles. The smallest absolute Gasteiger partial charge is 0.125 e. The first kappa shape index (κ1) is 16.0. The molecule has 0 aromatic heterocycles. The van der Waals surface area contributed by atoms with Crippen molar-refractivity contribution < 1.29 is 4.74 Å². The van der Waals surface area contributed by atoms with Gasteiger partial charge in [-0.05, 0) is 57.6 Å². The number of hydrogen-bond acceptors (Lipinski definition) is 3. The molecule has 0 saturated heterocycles. The van der Waals surface area contributed by atoms with Crippen LogP contribution < -0.4 is 10.1 Å². The van der Waals surface area contributed by atoms with Gasteiger partial charge in [0.1, 0.15) is 12.4 Å². The number of likely N-dealkylation sites (N-methyl/N-ethyl adjacent to an activating group) is 1. The molecule has 0 radical (unpaired) electrons. The Morgan fingerprint density at radius 2 is 1.79 bits per heavy atom. The lowest BCUT2D eigenvalue weighted by Crippen LogP contribution is -2.20. The van der Waals surface area contributed by atoms with Crippen molar-refractivity contribution in [2.75, 3.05) is 33.8 Å². The fourth-order valence-electron chi connectivity index (χ4n) is 2.11. The molecule has 108 valence electrons. The number of aryl methyl sites for hydroxylation is 2. The minimum atomic E-state index is 0.738. The van der Waals surface area contributed by atoms with Gasteiger partial charge in [0.25, 0.3) is 0 Å². The van der Waals surface area contributed by atoms with E-state index < -0.39 is 0 Å². The molecule has 0 spiro atoms. The average molecular weight is 264 g/mol. The van der Waals surface area contributed by atoms with E-state index in [1.54, 1.807) is 0 Å². The standard InChI is InChI=1S/C16H28N2O/c1-6-7-17-12-15-10-13(2)16(14(3)11-15)19-9-8-18(4)5/h10-11,17H,6-9,12H2,1-5H3. The van der Waals surface area contributed by atoms with E-state index in [1.807, 2.05) is 0 Å². The molecule has 0 aliphatic heterocycles. The normalized spacial score (nSPS) is 11.1. The predicted octanol–water partition coefficient (Wildman–Crippen LogP) is 2.74. The lowest BCUT2D eigenvalue weighted by Gasteiger charge is -2.16. The molecule has 3 heteroatoms. The lowest BCUT2D eigenvalue weighted by molar-refractivity contribution is 0.259. The van der Waals surface area contributed by atoms with Gasteiger partial charge in [-0.3, -0.25) is 0 Å². The van der Waals surface area contributed by atoms with Crippen LogP contribution in [0.1, 0.15) is 30.0 Å². The molecule has 0 amide bonds. The minimum Gasteiger partial charge on any atom is -0.492 e. The van der Waals surface area contributed by atoms with Crippen LogP contribution in [0, 0.1) is 13.8 Å². The largest absolute Gasteiger partial charge is 0.492 e. The SMILES string of the molecule is CCCNCc1cc(C)c(OCCN(C)C)c(C)c1. The fourth-order valence-corrected chi connectivity index (χ4v) is 2.11. The predicted molar refractivity (Wildman–Crippen MR) is 82.0 cm³/mol. The zero-order valence-electron chi connectivity index (χ0n) is 13.0. The summed E-state index contributed by atoms with van der Waals surface area (Å²) < 4.78 is 5.90. The van der Waals surface area contributed by atoms with Gasteiger partial charge < -0.3 is 15.0 Å². The van der Waals surface area contributed by atoms with E-state index in [-0.39, 0.29) is 0 Å². The summed E-state index contributed by atoms with van der Waals surface area (Å²) in [6.45, 7) is 10.1. The monoisotopic (exact) mass is 264 g/mol. The molecule has 1 aromatic rings. The quantitative estimate of drug-likeness (QED) is 0.731. The van der Waals surface area contributed by atoms with Gasteiger partial charge in [-0.25, -0.2) is 0 Å². The summed E-state index contributed by atoms with van der Waals surface area (Å²) in [7, 11) is 4.12. The van der Waals surface area contributed by atoms with Crippen LogP contribution in [0.2, 0.25) is 0 Å². The first-order valence-corrected chi connectivity index (χ1v) is 7.13. The molecule has 0 aliphatic rings. The molecule has 0 unspecified atom stereocenters. The van der Waals surface area contributed by atoms with Crippen LogP contribution in [0.4, 0.5) is 0 Å². The minimum absolute atomic E-state index is 0.738. The number of hydrogen-bond donors (Lipinski definition) is 1. The van der Waals surface area contributed by atoms with E-state index in [4.69, 9.17) is 4.74 Å². The van der Waals surface area contributed by atoms with E-state index >= 15 is 0 Å². The molecule has 0 atom stereocenters. The average Bonchev–Trinajstić information content (AvgIpc) is 2.32. The number of rotatable bonds is 8. The second-order valence-corrected chi connectivity index (χ2v) is 5.39. The molecular formula is C16H28N2O. The molecule has 0 saturated carbocycles. The number of benzene rings is 1. The van der Waals surface area contributed by atoms with Crippen molar-refractivity contribution in [3.05, 3.63) is 28.8 Å². The molecule has 1 N–H and O–H groups in total. The Labute approximate surface area is 118 Å². The van der Waals surface area contributed by atoms with E-state index in [0.29, 0.717) is 0 Å². The number of nitrogens with zero attached hydrogens (tertiary/aromatic N) is 1.